The topological polar surface area (TPSA) is 115 Å². The van der Waals surface area contributed by atoms with Gasteiger partial charge in [0.1, 0.15) is 6.61 Å². The van der Waals surface area contributed by atoms with Gasteiger partial charge < -0.3 is 20.3 Å². The lowest BCUT2D eigenvalue weighted by molar-refractivity contribution is -0.135. The maximum absolute atomic E-state index is 12.5. The van der Waals surface area contributed by atoms with Gasteiger partial charge >= 0.3 is 0 Å². The van der Waals surface area contributed by atoms with Crippen LogP contribution in [-0.2, 0) is 14.3 Å². The number of carbonyl (C=O) groups is 2. The second kappa shape index (κ2) is 9.38. The van der Waals surface area contributed by atoms with Crippen LogP contribution in [0.1, 0.15) is 36.6 Å². The first-order chi connectivity index (χ1) is 15.0. The number of amides is 2. The molecule has 9 heteroatoms. The van der Waals surface area contributed by atoms with Gasteiger partial charge in [-0.15, -0.1) is 0 Å². The van der Waals surface area contributed by atoms with Crippen molar-refractivity contribution in [3.8, 4) is 11.1 Å². The third kappa shape index (κ3) is 5.16. The molecule has 2 fully saturated rings. The summed E-state index contributed by atoms with van der Waals surface area (Å²) in [5, 5.41) is 0. The summed E-state index contributed by atoms with van der Waals surface area (Å²) in [6, 6.07) is 4.04. The Balaban J connectivity index is 1.31. The number of likely N-dealkylation sites (tertiary alicyclic amines) is 2. The number of hydrogen-bond donors (Lipinski definition) is 1. The van der Waals surface area contributed by atoms with Gasteiger partial charge in [-0.2, -0.15) is 0 Å². The summed E-state index contributed by atoms with van der Waals surface area (Å²) in [6.45, 7) is 5.05. The number of nitrogens with two attached hydrogens (primary N) is 1. The minimum Gasteiger partial charge on any atom is -0.370 e. The highest BCUT2D eigenvalue weighted by molar-refractivity contribution is 5.78. The van der Waals surface area contributed by atoms with Crippen LogP contribution in [0.4, 0.5) is 5.95 Å². The summed E-state index contributed by atoms with van der Waals surface area (Å²) in [7, 11) is 0. The van der Waals surface area contributed by atoms with Crippen LogP contribution in [0.5, 0.6) is 0 Å². The summed E-state index contributed by atoms with van der Waals surface area (Å²) in [5.74, 6) is 0.580. The Labute approximate surface area is 181 Å². The van der Waals surface area contributed by atoms with Gasteiger partial charge in [0.15, 0.2) is 0 Å². The summed E-state index contributed by atoms with van der Waals surface area (Å²) < 4.78 is 5.54. The van der Waals surface area contributed by atoms with Gasteiger partial charge in [-0.25, -0.2) is 9.97 Å². The summed E-state index contributed by atoms with van der Waals surface area (Å²) >= 11 is 0. The summed E-state index contributed by atoms with van der Waals surface area (Å²) in [5.41, 5.74) is 9.35. The van der Waals surface area contributed by atoms with Gasteiger partial charge in [0, 0.05) is 67.9 Å². The number of pyridine rings is 1. The molecule has 2 amide bonds. The molecule has 0 saturated carbocycles. The molecule has 2 aromatic heterocycles. The van der Waals surface area contributed by atoms with Crippen LogP contribution in [0.3, 0.4) is 0 Å². The van der Waals surface area contributed by atoms with Crippen LogP contribution in [0.2, 0.25) is 0 Å². The highest BCUT2D eigenvalue weighted by Crippen LogP contribution is 2.29. The molecule has 0 bridgehead atoms. The third-order valence-corrected chi connectivity index (χ3v) is 5.84. The number of nitrogen functional groups attached to an aromatic ring is 1. The molecule has 0 unspecified atom stereocenters. The Bertz CT molecular complexity index is 949. The molecular formula is C22H28N6O3. The molecule has 2 aliphatic heterocycles. The molecule has 164 valence electrons. The molecule has 0 spiro atoms. The molecule has 0 aliphatic carbocycles. The number of rotatable bonds is 7. The Morgan fingerprint density at radius 2 is 2.03 bits per heavy atom. The molecule has 9 nitrogen and oxygen atoms in total. The number of nitrogens with zero attached hydrogens (tertiary/aromatic N) is 5. The van der Waals surface area contributed by atoms with Gasteiger partial charge in [-0.05, 0) is 37.5 Å². The number of anilines is 1. The highest BCUT2D eigenvalue weighted by Gasteiger charge is 2.28. The third-order valence-electron chi connectivity index (χ3n) is 5.84. The normalized spacial score (nSPS) is 18.7. The SMILES string of the molecule is Cc1cc(-c2cnc(N)nc2)cc([C@@H]2CCN(C(=O)COCCN3CCCC3=O)C2)n1. The molecule has 2 N–H and O–H groups in total. The maximum atomic E-state index is 12.5. The fourth-order valence-corrected chi connectivity index (χ4v) is 4.15. The van der Waals surface area contributed by atoms with E-state index in [-0.39, 0.29) is 30.3 Å². The van der Waals surface area contributed by atoms with Crippen molar-refractivity contribution in [1.82, 2.24) is 24.8 Å². The fourth-order valence-electron chi connectivity index (χ4n) is 4.15. The van der Waals surface area contributed by atoms with E-state index in [9.17, 15) is 9.59 Å². The lowest BCUT2D eigenvalue weighted by Crippen LogP contribution is -2.34. The molecule has 2 aliphatic rings. The summed E-state index contributed by atoms with van der Waals surface area (Å²) in [4.78, 5) is 40.6. The van der Waals surface area contributed by atoms with E-state index in [0.29, 0.717) is 32.7 Å². The standard InChI is InChI=1S/C22H28N6O3/c1-15-9-17(18-11-24-22(23)25-12-18)10-19(26-15)16-4-6-28(13-16)21(30)14-31-8-7-27-5-2-3-20(27)29/h9-12,16H,2-8,13-14H2,1H3,(H2,23,24,25)/t16-/m1/s1. The first kappa shape index (κ1) is 21.2. The van der Waals surface area contributed by atoms with E-state index in [1.165, 1.54) is 0 Å². The van der Waals surface area contributed by atoms with Crippen LogP contribution in [0, 0.1) is 6.92 Å². The zero-order valence-corrected chi connectivity index (χ0v) is 17.8. The van der Waals surface area contributed by atoms with Crippen molar-refractivity contribution in [2.45, 2.75) is 32.1 Å². The Kier molecular flexibility index (Phi) is 6.41. The lowest BCUT2D eigenvalue weighted by Gasteiger charge is -2.18. The molecule has 1 atom stereocenters. The Morgan fingerprint density at radius 3 is 2.77 bits per heavy atom. The van der Waals surface area contributed by atoms with Crippen LogP contribution >= 0.6 is 0 Å². The van der Waals surface area contributed by atoms with Crippen LogP contribution in [0.25, 0.3) is 11.1 Å². The predicted octanol–water partition coefficient (Wildman–Crippen LogP) is 1.38. The molecule has 0 radical (unpaired) electrons. The number of hydrogen-bond acceptors (Lipinski definition) is 7. The molecular weight excluding hydrogens is 396 g/mol. The highest BCUT2D eigenvalue weighted by atomic mass is 16.5. The average Bonchev–Trinajstić information content (AvgIpc) is 3.41. The van der Waals surface area contributed by atoms with Crippen molar-refractivity contribution in [3.63, 3.8) is 0 Å². The fraction of sp³-hybridized carbons (Fsp3) is 0.500. The summed E-state index contributed by atoms with van der Waals surface area (Å²) in [6.07, 6.45) is 5.81. The van der Waals surface area contributed by atoms with Gasteiger partial charge in [-0.1, -0.05) is 0 Å². The van der Waals surface area contributed by atoms with Crippen molar-refractivity contribution in [3.05, 3.63) is 35.9 Å². The van der Waals surface area contributed by atoms with Crippen LogP contribution in [0.15, 0.2) is 24.5 Å². The number of ether oxygens (including phenoxy) is 1. The van der Waals surface area contributed by atoms with Gasteiger partial charge in [0.05, 0.1) is 6.61 Å². The van der Waals surface area contributed by atoms with E-state index in [1.54, 1.807) is 17.3 Å². The van der Waals surface area contributed by atoms with E-state index in [0.717, 1.165) is 41.9 Å². The molecule has 31 heavy (non-hydrogen) atoms. The molecule has 0 aromatic carbocycles. The molecule has 4 rings (SSSR count). The van der Waals surface area contributed by atoms with Crippen molar-refractivity contribution >= 4 is 17.8 Å². The van der Waals surface area contributed by atoms with Gasteiger partial charge in [-0.3, -0.25) is 14.6 Å². The zero-order valence-electron chi connectivity index (χ0n) is 17.8. The zero-order chi connectivity index (χ0) is 21.8. The minimum atomic E-state index is -0.0185. The number of aromatic nitrogens is 3. The average molecular weight is 425 g/mol. The van der Waals surface area contributed by atoms with Crippen molar-refractivity contribution in [2.75, 3.05) is 45.1 Å². The van der Waals surface area contributed by atoms with E-state index >= 15 is 0 Å². The smallest absolute Gasteiger partial charge is 0.248 e. The van der Waals surface area contributed by atoms with Crippen LogP contribution < -0.4 is 5.73 Å². The number of aryl methyl sites for hydroxylation is 1. The van der Waals surface area contributed by atoms with Crippen molar-refractivity contribution < 1.29 is 14.3 Å². The molecule has 2 saturated heterocycles. The van der Waals surface area contributed by atoms with Gasteiger partial charge in [0.2, 0.25) is 17.8 Å². The second-order valence-electron chi connectivity index (χ2n) is 8.11. The first-order valence-corrected chi connectivity index (χ1v) is 10.7. The minimum absolute atomic E-state index is 0.0185. The predicted molar refractivity (Wildman–Crippen MR) is 115 cm³/mol. The largest absolute Gasteiger partial charge is 0.370 e. The first-order valence-electron chi connectivity index (χ1n) is 10.7. The lowest BCUT2D eigenvalue weighted by atomic mass is 10.00. The van der Waals surface area contributed by atoms with E-state index in [2.05, 4.69) is 9.97 Å². The quantitative estimate of drug-likeness (QED) is 0.668. The second-order valence-corrected chi connectivity index (χ2v) is 8.11. The van der Waals surface area contributed by atoms with E-state index < -0.39 is 0 Å². The van der Waals surface area contributed by atoms with Gasteiger partial charge in [0.25, 0.3) is 0 Å². The van der Waals surface area contributed by atoms with Crippen molar-refractivity contribution in [1.29, 1.82) is 0 Å². The Hall–Kier alpha value is -3.07. The number of carbonyl (C=O) groups excluding carboxylic acids is 2. The molecule has 4 heterocycles. The van der Waals surface area contributed by atoms with Crippen molar-refractivity contribution in [2.24, 2.45) is 0 Å². The monoisotopic (exact) mass is 424 g/mol. The molecule has 2 aromatic rings. The Morgan fingerprint density at radius 1 is 1.23 bits per heavy atom. The van der Waals surface area contributed by atoms with Crippen LogP contribution in [-0.4, -0.2) is 76.0 Å². The maximum Gasteiger partial charge on any atom is 0.248 e. The van der Waals surface area contributed by atoms with E-state index in [1.807, 2.05) is 24.0 Å². The van der Waals surface area contributed by atoms with E-state index in [4.69, 9.17) is 15.5 Å².